The second-order valence-corrected chi connectivity index (χ2v) is 6.42. The van der Waals surface area contributed by atoms with E-state index in [9.17, 15) is 0 Å². The molecule has 0 spiro atoms. The number of nitrogen functional groups attached to an aromatic ring is 1. The SMILES string of the molecule is CC(C)(NCc1ccc(N)c(Br)c1)c1nccs1. The minimum atomic E-state index is -0.123. The molecule has 3 nitrogen and oxygen atoms in total. The normalized spacial score (nSPS) is 11.7. The zero-order chi connectivity index (χ0) is 13.2. The molecule has 2 rings (SSSR count). The Bertz CT molecular complexity index is 523. The van der Waals surface area contributed by atoms with Crippen LogP contribution in [0, 0.1) is 0 Å². The van der Waals surface area contributed by atoms with Gasteiger partial charge in [0.25, 0.3) is 0 Å². The first kappa shape index (κ1) is 13.5. The summed E-state index contributed by atoms with van der Waals surface area (Å²) in [4.78, 5) is 4.36. The van der Waals surface area contributed by atoms with Crippen LogP contribution < -0.4 is 11.1 Å². The van der Waals surface area contributed by atoms with Gasteiger partial charge >= 0.3 is 0 Å². The van der Waals surface area contributed by atoms with Crippen molar-refractivity contribution in [3.05, 3.63) is 44.8 Å². The maximum absolute atomic E-state index is 5.77. The molecule has 0 bridgehead atoms. The van der Waals surface area contributed by atoms with Crippen LogP contribution in [0.3, 0.4) is 0 Å². The molecular formula is C13H16BrN3S. The first-order chi connectivity index (χ1) is 8.49. The van der Waals surface area contributed by atoms with E-state index in [2.05, 4.69) is 40.1 Å². The van der Waals surface area contributed by atoms with E-state index in [1.54, 1.807) is 11.3 Å². The van der Waals surface area contributed by atoms with Gasteiger partial charge in [-0.1, -0.05) is 6.07 Å². The first-order valence-electron chi connectivity index (χ1n) is 5.68. The highest BCUT2D eigenvalue weighted by Gasteiger charge is 2.22. The predicted octanol–water partition coefficient (Wildman–Crippen LogP) is 3.51. The summed E-state index contributed by atoms with van der Waals surface area (Å²) < 4.78 is 0.939. The molecule has 0 saturated heterocycles. The number of nitrogens with two attached hydrogens (primary N) is 1. The Labute approximate surface area is 120 Å². The number of halogens is 1. The van der Waals surface area contributed by atoms with Crippen LogP contribution in [0.2, 0.25) is 0 Å². The van der Waals surface area contributed by atoms with Gasteiger partial charge in [-0.05, 0) is 47.5 Å². The number of nitrogens with zero attached hydrogens (tertiary/aromatic N) is 1. The van der Waals surface area contributed by atoms with Gasteiger partial charge in [-0.3, -0.25) is 0 Å². The van der Waals surface area contributed by atoms with Gasteiger partial charge in [0.15, 0.2) is 0 Å². The summed E-state index contributed by atoms with van der Waals surface area (Å²) in [7, 11) is 0. The summed E-state index contributed by atoms with van der Waals surface area (Å²) in [6.07, 6.45) is 1.84. The molecule has 0 radical (unpaired) electrons. The Hall–Kier alpha value is -0.910. The van der Waals surface area contributed by atoms with Gasteiger partial charge < -0.3 is 11.1 Å². The molecular weight excluding hydrogens is 310 g/mol. The fourth-order valence-electron chi connectivity index (χ4n) is 1.61. The van der Waals surface area contributed by atoms with Crippen molar-refractivity contribution in [2.24, 2.45) is 0 Å². The molecule has 18 heavy (non-hydrogen) atoms. The molecule has 2 aromatic rings. The summed E-state index contributed by atoms with van der Waals surface area (Å²) in [5.41, 5.74) is 7.61. The van der Waals surface area contributed by atoms with E-state index in [0.29, 0.717) is 0 Å². The third-order valence-corrected chi connectivity index (χ3v) is 4.55. The molecule has 0 atom stereocenters. The van der Waals surface area contributed by atoms with Gasteiger partial charge in [0.2, 0.25) is 0 Å². The largest absolute Gasteiger partial charge is 0.398 e. The molecule has 0 fully saturated rings. The number of aromatic nitrogens is 1. The second-order valence-electron chi connectivity index (χ2n) is 4.67. The van der Waals surface area contributed by atoms with Gasteiger partial charge in [0.05, 0.1) is 5.54 Å². The number of anilines is 1. The third kappa shape index (κ3) is 3.10. The highest BCUT2D eigenvalue weighted by molar-refractivity contribution is 9.10. The Kier molecular flexibility index (Phi) is 4.04. The fourth-order valence-corrected chi connectivity index (χ4v) is 2.78. The zero-order valence-corrected chi connectivity index (χ0v) is 12.8. The summed E-state index contributed by atoms with van der Waals surface area (Å²) in [5, 5.41) is 6.60. The van der Waals surface area contributed by atoms with Crippen LogP contribution in [0.25, 0.3) is 0 Å². The maximum Gasteiger partial charge on any atom is 0.112 e. The smallest absolute Gasteiger partial charge is 0.112 e. The van der Waals surface area contributed by atoms with E-state index >= 15 is 0 Å². The number of hydrogen-bond donors (Lipinski definition) is 2. The van der Waals surface area contributed by atoms with Gasteiger partial charge in [0, 0.05) is 28.3 Å². The van der Waals surface area contributed by atoms with Crippen LogP contribution in [-0.2, 0) is 12.1 Å². The number of hydrogen-bond acceptors (Lipinski definition) is 4. The zero-order valence-electron chi connectivity index (χ0n) is 10.4. The first-order valence-corrected chi connectivity index (χ1v) is 7.35. The molecule has 0 aliphatic rings. The highest BCUT2D eigenvalue weighted by Crippen LogP contribution is 2.24. The monoisotopic (exact) mass is 325 g/mol. The summed E-state index contributed by atoms with van der Waals surface area (Å²) in [6, 6.07) is 5.99. The lowest BCUT2D eigenvalue weighted by Gasteiger charge is -2.24. The van der Waals surface area contributed by atoms with Crippen molar-refractivity contribution in [2.75, 3.05) is 5.73 Å². The van der Waals surface area contributed by atoms with Crippen LogP contribution >= 0.6 is 27.3 Å². The molecule has 1 aromatic heterocycles. The predicted molar refractivity (Wildman–Crippen MR) is 80.5 cm³/mol. The molecule has 0 amide bonds. The van der Waals surface area contributed by atoms with Crippen LogP contribution in [0.5, 0.6) is 0 Å². The Morgan fingerprint density at radius 2 is 2.22 bits per heavy atom. The molecule has 1 aromatic carbocycles. The highest BCUT2D eigenvalue weighted by atomic mass is 79.9. The molecule has 0 aliphatic carbocycles. The van der Waals surface area contributed by atoms with Crippen LogP contribution in [-0.4, -0.2) is 4.98 Å². The lowest BCUT2D eigenvalue weighted by Crippen LogP contribution is -2.35. The lowest BCUT2D eigenvalue weighted by atomic mass is 10.1. The van der Waals surface area contributed by atoms with Gasteiger partial charge in [0.1, 0.15) is 5.01 Å². The van der Waals surface area contributed by atoms with Crippen molar-refractivity contribution in [3.63, 3.8) is 0 Å². The molecule has 0 unspecified atom stereocenters. The minimum absolute atomic E-state index is 0.123. The van der Waals surface area contributed by atoms with E-state index in [4.69, 9.17) is 5.73 Å². The molecule has 0 saturated carbocycles. The van der Waals surface area contributed by atoms with Crippen LogP contribution in [0.4, 0.5) is 5.69 Å². The third-order valence-electron chi connectivity index (χ3n) is 2.77. The van der Waals surface area contributed by atoms with E-state index in [0.717, 1.165) is 21.7 Å². The quantitative estimate of drug-likeness (QED) is 0.846. The summed E-state index contributed by atoms with van der Waals surface area (Å²) in [6.45, 7) is 5.06. The van der Waals surface area contributed by atoms with Crippen LogP contribution in [0.1, 0.15) is 24.4 Å². The number of nitrogens with one attached hydrogen (secondary N) is 1. The van der Waals surface area contributed by atoms with E-state index in [1.165, 1.54) is 5.56 Å². The second kappa shape index (κ2) is 5.38. The summed E-state index contributed by atoms with van der Waals surface area (Å²) in [5.74, 6) is 0. The van der Waals surface area contributed by atoms with Crippen molar-refractivity contribution in [1.29, 1.82) is 0 Å². The average molecular weight is 326 g/mol. The molecule has 5 heteroatoms. The lowest BCUT2D eigenvalue weighted by molar-refractivity contribution is 0.399. The molecule has 3 N–H and O–H groups in total. The van der Waals surface area contributed by atoms with Crippen LogP contribution in [0.15, 0.2) is 34.2 Å². The number of rotatable bonds is 4. The van der Waals surface area contributed by atoms with E-state index < -0.39 is 0 Å². The van der Waals surface area contributed by atoms with Crippen molar-refractivity contribution in [1.82, 2.24) is 10.3 Å². The Morgan fingerprint density at radius 1 is 1.44 bits per heavy atom. The Balaban J connectivity index is 2.05. The van der Waals surface area contributed by atoms with Crippen molar-refractivity contribution >= 4 is 33.0 Å². The number of thiazole rings is 1. The average Bonchev–Trinajstić information content (AvgIpc) is 2.85. The van der Waals surface area contributed by atoms with Crippen molar-refractivity contribution in [3.8, 4) is 0 Å². The topological polar surface area (TPSA) is 50.9 Å². The van der Waals surface area contributed by atoms with Crippen molar-refractivity contribution in [2.45, 2.75) is 25.9 Å². The van der Waals surface area contributed by atoms with Gasteiger partial charge in [-0.2, -0.15) is 0 Å². The molecule has 96 valence electrons. The molecule has 0 aliphatic heterocycles. The van der Waals surface area contributed by atoms with Gasteiger partial charge in [-0.25, -0.2) is 4.98 Å². The standard InChI is InChI=1S/C13H16BrN3S/c1-13(2,12-16-5-6-18-12)17-8-9-3-4-11(15)10(14)7-9/h3-7,17H,8,15H2,1-2H3. The fraction of sp³-hybridized carbons (Fsp3) is 0.308. The molecule has 1 heterocycles. The minimum Gasteiger partial charge on any atom is -0.398 e. The van der Waals surface area contributed by atoms with E-state index in [-0.39, 0.29) is 5.54 Å². The Morgan fingerprint density at radius 3 is 2.83 bits per heavy atom. The summed E-state index contributed by atoms with van der Waals surface area (Å²) >= 11 is 5.11. The van der Waals surface area contributed by atoms with E-state index in [1.807, 2.05) is 29.8 Å². The maximum atomic E-state index is 5.77. The van der Waals surface area contributed by atoms with Crippen molar-refractivity contribution < 1.29 is 0 Å². The number of benzene rings is 1. The van der Waals surface area contributed by atoms with Gasteiger partial charge in [-0.15, -0.1) is 11.3 Å².